The van der Waals surface area contributed by atoms with Crippen LogP contribution in [0.25, 0.3) is 0 Å². The van der Waals surface area contributed by atoms with E-state index >= 15 is 0 Å². The number of aliphatic hydroxyl groups excluding tert-OH is 17. The molecule has 0 aromatic carbocycles. The fraction of sp³-hybridized carbons (Fsp3) is 0.950. The summed E-state index contributed by atoms with van der Waals surface area (Å²) in [7, 11) is 0. The van der Waals surface area contributed by atoms with Crippen molar-refractivity contribution in [1.29, 1.82) is 0 Å². The van der Waals surface area contributed by atoms with Crippen molar-refractivity contribution >= 4 is 11.8 Å². The van der Waals surface area contributed by atoms with Gasteiger partial charge in [-0.1, -0.05) is 0 Å². The Labute approximate surface area is 408 Å². The molecule has 0 saturated carbocycles. The molecule has 19 N–H and O–H groups in total. The molecule has 0 radical (unpaired) electrons. The molecule has 0 spiro atoms. The van der Waals surface area contributed by atoms with Crippen LogP contribution in [0.1, 0.15) is 20.8 Å². The maximum absolute atomic E-state index is 12.5. The molecule has 1 unspecified atom stereocenters. The van der Waals surface area contributed by atoms with E-state index in [1.54, 1.807) is 0 Å². The molecule has 418 valence electrons. The molecule has 6 rings (SSSR count). The molecule has 32 heteroatoms. The average Bonchev–Trinajstić information content (AvgIpc) is 3.34. The summed E-state index contributed by atoms with van der Waals surface area (Å²) < 4.78 is 63.5. The number of carbonyl (C=O) groups excluding carboxylic acids is 2. The second-order valence-electron chi connectivity index (χ2n) is 18.3. The van der Waals surface area contributed by atoms with Gasteiger partial charge in [-0.3, -0.25) is 9.59 Å². The standard InChI is InChI=1S/C40H68N2O30/c1-9-19(49)25(55)28(58)37(63-9)72-34-33(71-39-30(60)27(57)21(51)13(5-44)66-39)22(52)14(6-45)67-40(34)70-32-18(42-11(3)48)35(61)64-16(23(32)53)8-62-36-17(41-10(2)47)24(54)31(15(7-46)68-36)69-38-29(59)26(56)20(50)12(4-43)65-38/h9,12-40,43-46,49-61H,4-8H2,1-3H3,(H,41,47)(H,42,48)/t9-,12+,13+,14+,15+,16+,17+,18+,19+,20-,21-,22-,23-,24+,25+,26-,27-,28-,29+,30+,31+,32+,33-,34+,35?,36+,37-,38-,39+,40-/m0/s1. The van der Waals surface area contributed by atoms with E-state index < -0.39 is 229 Å². The van der Waals surface area contributed by atoms with Gasteiger partial charge in [0.15, 0.2) is 37.7 Å². The molecule has 72 heavy (non-hydrogen) atoms. The van der Waals surface area contributed by atoms with Crippen molar-refractivity contribution in [3.8, 4) is 0 Å². The smallest absolute Gasteiger partial charge is 0.217 e. The van der Waals surface area contributed by atoms with E-state index in [1.807, 2.05) is 0 Å². The minimum atomic E-state index is -2.12. The van der Waals surface area contributed by atoms with Crippen LogP contribution in [0.5, 0.6) is 0 Å². The number of amides is 2. The van der Waals surface area contributed by atoms with Crippen molar-refractivity contribution in [2.45, 2.75) is 205 Å². The third-order valence-electron chi connectivity index (χ3n) is 13.2. The van der Waals surface area contributed by atoms with Gasteiger partial charge in [-0.2, -0.15) is 0 Å². The SMILES string of the molecule is CC(=O)N[C@H]1[C@H](OC[C@H]2OC(O)[C@H](NC(C)=O)[C@@H](O[C@@H]3O[C@H](CO)[C@H](O)[C@H](O[C@H]4O[C@H](CO)[C@H](O)[C@H](O)[C@H]4O)[C@H]3O[C@@H]3O[C@@H](C)[C@@H](O)[C@@H](O)[C@@H]3O)[C@H]2O)O[C@H](CO)[C@@H](O[C@@H]2O[C@H](CO)[C@H](O)[C@H](O)[C@H]2O)[C@@H]1O. The molecule has 6 fully saturated rings. The van der Waals surface area contributed by atoms with Gasteiger partial charge in [-0.15, -0.1) is 0 Å². The Bertz CT molecular complexity index is 1730. The van der Waals surface area contributed by atoms with Crippen molar-refractivity contribution in [3.63, 3.8) is 0 Å². The second-order valence-corrected chi connectivity index (χ2v) is 18.3. The molecule has 0 aliphatic carbocycles. The summed E-state index contributed by atoms with van der Waals surface area (Å²) in [4.78, 5) is 25.0. The predicted octanol–water partition coefficient (Wildman–Crippen LogP) is -12.8. The second kappa shape index (κ2) is 25.3. The first-order valence-electron chi connectivity index (χ1n) is 23.0. The number of nitrogens with one attached hydrogen (secondary N) is 2. The van der Waals surface area contributed by atoms with E-state index in [0.717, 1.165) is 13.8 Å². The highest BCUT2D eigenvalue weighted by Crippen LogP contribution is 2.37. The van der Waals surface area contributed by atoms with Gasteiger partial charge in [-0.05, 0) is 6.92 Å². The third-order valence-corrected chi connectivity index (χ3v) is 13.2. The Morgan fingerprint density at radius 2 is 0.792 bits per heavy atom. The largest absolute Gasteiger partial charge is 0.394 e. The summed E-state index contributed by atoms with van der Waals surface area (Å²) >= 11 is 0. The minimum absolute atomic E-state index is 0.781. The van der Waals surface area contributed by atoms with Crippen molar-refractivity contribution in [1.82, 2.24) is 10.6 Å². The Morgan fingerprint density at radius 3 is 1.31 bits per heavy atom. The van der Waals surface area contributed by atoms with E-state index in [9.17, 15) is 96.4 Å². The summed E-state index contributed by atoms with van der Waals surface area (Å²) in [5.74, 6) is -1.61. The molecular weight excluding hydrogens is 988 g/mol. The summed E-state index contributed by atoms with van der Waals surface area (Å²) in [6.07, 6.45) is -52.2. The average molecular weight is 1060 g/mol. The molecule has 6 aliphatic rings. The lowest BCUT2D eigenvalue weighted by atomic mass is 9.94. The first-order chi connectivity index (χ1) is 34.0. The zero-order valence-electron chi connectivity index (χ0n) is 38.8. The Morgan fingerprint density at radius 1 is 0.389 bits per heavy atom. The van der Waals surface area contributed by atoms with Crippen LogP contribution in [0.3, 0.4) is 0 Å². The van der Waals surface area contributed by atoms with E-state index in [4.69, 9.17) is 52.1 Å². The summed E-state index contributed by atoms with van der Waals surface area (Å²) in [5, 5.41) is 186. The van der Waals surface area contributed by atoms with Gasteiger partial charge in [0, 0.05) is 13.8 Å². The fourth-order valence-corrected chi connectivity index (χ4v) is 9.13. The fourth-order valence-electron chi connectivity index (χ4n) is 9.13. The third kappa shape index (κ3) is 12.6. The molecular formula is C40H68N2O30. The highest BCUT2D eigenvalue weighted by molar-refractivity contribution is 5.73. The number of hydrogen-bond donors (Lipinski definition) is 19. The molecule has 6 saturated heterocycles. The Balaban J connectivity index is 1.28. The molecule has 6 heterocycles. The zero-order chi connectivity index (χ0) is 53.2. The van der Waals surface area contributed by atoms with E-state index in [-0.39, 0.29) is 0 Å². The maximum atomic E-state index is 12.5. The zero-order valence-corrected chi connectivity index (χ0v) is 38.8. The minimum Gasteiger partial charge on any atom is -0.394 e. The van der Waals surface area contributed by atoms with Crippen LogP contribution >= 0.6 is 0 Å². The maximum Gasteiger partial charge on any atom is 0.217 e. The van der Waals surface area contributed by atoms with Crippen LogP contribution in [-0.4, -0.2) is 316 Å². The Kier molecular flexibility index (Phi) is 20.8. The molecule has 0 aromatic heterocycles. The summed E-state index contributed by atoms with van der Waals surface area (Å²) in [6, 6.07) is -3.38. The molecule has 32 nitrogen and oxygen atoms in total. The number of aliphatic hydroxyl groups is 17. The summed E-state index contributed by atoms with van der Waals surface area (Å²) in [6.45, 7) is -1.26. The quantitative estimate of drug-likeness (QED) is 0.0643. The lowest BCUT2D eigenvalue weighted by Crippen LogP contribution is -2.70. The Hall–Kier alpha value is -2.18. The van der Waals surface area contributed by atoms with Crippen LogP contribution in [0, 0.1) is 0 Å². The molecule has 6 aliphatic heterocycles. The van der Waals surface area contributed by atoms with Gasteiger partial charge in [0.05, 0.1) is 39.1 Å². The highest BCUT2D eigenvalue weighted by atomic mass is 16.8. The van der Waals surface area contributed by atoms with Gasteiger partial charge in [0.25, 0.3) is 0 Å². The van der Waals surface area contributed by atoms with Gasteiger partial charge >= 0.3 is 0 Å². The first-order valence-corrected chi connectivity index (χ1v) is 23.0. The lowest BCUT2D eigenvalue weighted by molar-refractivity contribution is -0.401. The number of carbonyl (C=O) groups is 2. The van der Waals surface area contributed by atoms with E-state index in [2.05, 4.69) is 10.6 Å². The molecule has 2 amide bonds. The van der Waals surface area contributed by atoms with Crippen LogP contribution in [0.15, 0.2) is 0 Å². The molecule has 0 aromatic rings. The van der Waals surface area contributed by atoms with Gasteiger partial charge < -0.3 is 150 Å². The number of hydrogen-bond acceptors (Lipinski definition) is 30. The molecule has 30 atom stereocenters. The van der Waals surface area contributed by atoms with Crippen molar-refractivity contribution < 1.29 is 149 Å². The summed E-state index contributed by atoms with van der Waals surface area (Å²) in [5.41, 5.74) is 0. The monoisotopic (exact) mass is 1060 g/mol. The van der Waals surface area contributed by atoms with E-state index in [0.29, 0.717) is 0 Å². The van der Waals surface area contributed by atoms with Gasteiger partial charge in [-0.25, -0.2) is 0 Å². The molecule has 0 bridgehead atoms. The van der Waals surface area contributed by atoms with Crippen LogP contribution in [-0.2, 0) is 61.7 Å². The topological polar surface area (TPSA) is 504 Å². The highest BCUT2D eigenvalue weighted by Gasteiger charge is 2.58. The van der Waals surface area contributed by atoms with Crippen LogP contribution in [0.4, 0.5) is 0 Å². The van der Waals surface area contributed by atoms with Gasteiger partial charge in [0.1, 0.15) is 140 Å². The number of ether oxygens (including phenoxy) is 11. The number of rotatable bonds is 17. The lowest BCUT2D eigenvalue weighted by Gasteiger charge is -2.51. The normalized spacial score (nSPS) is 50.3. The first kappa shape index (κ1) is 59.1. The van der Waals surface area contributed by atoms with Crippen molar-refractivity contribution in [3.05, 3.63) is 0 Å². The van der Waals surface area contributed by atoms with Crippen molar-refractivity contribution in [2.24, 2.45) is 0 Å². The van der Waals surface area contributed by atoms with Crippen LogP contribution in [0.2, 0.25) is 0 Å². The van der Waals surface area contributed by atoms with Gasteiger partial charge in [0.2, 0.25) is 11.8 Å². The van der Waals surface area contributed by atoms with E-state index in [1.165, 1.54) is 6.92 Å². The van der Waals surface area contributed by atoms with Crippen LogP contribution < -0.4 is 10.6 Å². The van der Waals surface area contributed by atoms with Crippen molar-refractivity contribution in [2.75, 3.05) is 33.0 Å². The predicted molar refractivity (Wildman–Crippen MR) is 221 cm³/mol.